The number of carbonyl (C=O) groups excluding carboxylic acids is 1. The topological polar surface area (TPSA) is 92.5 Å². The van der Waals surface area contributed by atoms with Gasteiger partial charge in [0, 0.05) is 17.9 Å². The molecule has 146 valence electrons. The largest absolute Gasteiger partial charge is 0.398 e. The number of hydrogen-bond donors (Lipinski definition) is 2. The Morgan fingerprint density at radius 2 is 1.93 bits per heavy atom. The van der Waals surface area contributed by atoms with Gasteiger partial charge in [-0.2, -0.15) is 4.72 Å². The number of halogens is 2. The van der Waals surface area contributed by atoms with Gasteiger partial charge in [-0.05, 0) is 49.6 Å². The maximum atomic E-state index is 13.8. The fourth-order valence-electron chi connectivity index (χ4n) is 3.12. The monoisotopic (exact) mass is 413 g/mol. The molecule has 0 fully saturated rings. The number of nitrogens with two attached hydrogens (primary N) is 1. The van der Waals surface area contributed by atoms with Crippen LogP contribution in [-0.2, 0) is 21.2 Å². The van der Waals surface area contributed by atoms with Crippen molar-refractivity contribution in [2.24, 2.45) is 0 Å². The lowest BCUT2D eigenvalue weighted by Gasteiger charge is -2.32. The summed E-state index contributed by atoms with van der Waals surface area (Å²) in [5.74, 6) is -1.27. The summed E-state index contributed by atoms with van der Waals surface area (Å²) >= 11 is 0. The van der Waals surface area contributed by atoms with E-state index in [4.69, 9.17) is 5.73 Å². The Balaban J connectivity index is 0.00000261. The van der Waals surface area contributed by atoms with Crippen LogP contribution in [0.25, 0.3) is 0 Å². The molecule has 2 aromatic carbocycles. The molecule has 1 aliphatic rings. The van der Waals surface area contributed by atoms with E-state index in [0.29, 0.717) is 17.9 Å². The van der Waals surface area contributed by atoms with E-state index < -0.39 is 32.7 Å². The Morgan fingerprint density at radius 3 is 2.63 bits per heavy atom. The van der Waals surface area contributed by atoms with Crippen LogP contribution in [0.15, 0.2) is 47.4 Å². The molecule has 0 radical (unpaired) electrons. The van der Waals surface area contributed by atoms with Gasteiger partial charge in [-0.25, -0.2) is 12.8 Å². The molecular weight excluding hydrogens is 393 g/mol. The zero-order valence-electron chi connectivity index (χ0n) is 14.7. The number of nitrogens with zero attached hydrogens (tertiary/aromatic N) is 1. The van der Waals surface area contributed by atoms with Gasteiger partial charge in [-0.3, -0.25) is 4.79 Å². The smallest absolute Gasteiger partial charge is 0.244 e. The van der Waals surface area contributed by atoms with Crippen molar-refractivity contribution in [3.8, 4) is 0 Å². The summed E-state index contributed by atoms with van der Waals surface area (Å²) in [6.07, 6.45) is 1.50. The van der Waals surface area contributed by atoms with E-state index in [0.717, 1.165) is 30.5 Å². The molecule has 1 unspecified atom stereocenters. The quantitative estimate of drug-likeness (QED) is 0.753. The number of hydrogen-bond acceptors (Lipinski definition) is 4. The zero-order chi connectivity index (χ0) is 18.9. The van der Waals surface area contributed by atoms with Crippen LogP contribution in [-0.4, -0.2) is 26.9 Å². The van der Waals surface area contributed by atoms with Crippen molar-refractivity contribution >= 4 is 39.7 Å². The Morgan fingerprint density at radius 1 is 1.22 bits per heavy atom. The third-order valence-electron chi connectivity index (χ3n) is 4.38. The Bertz CT molecular complexity index is 953. The lowest BCUT2D eigenvalue weighted by Crippen LogP contribution is -2.48. The minimum atomic E-state index is -4.16. The molecule has 6 nitrogen and oxygen atoms in total. The van der Waals surface area contributed by atoms with Crippen molar-refractivity contribution in [3.05, 3.63) is 53.8 Å². The minimum absolute atomic E-state index is 0. The highest BCUT2D eigenvalue weighted by atomic mass is 35.5. The maximum Gasteiger partial charge on any atom is 0.244 e. The standard InChI is InChI=1S/C18H20FN3O3S.ClH/c1-12(21-26(24,25)17-10-3-2-7-14(17)19)18(23)22-11-5-6-13-15(20)8-4-9-16(13)22;/h2-4,7-10,12,21H,5-6,11,20H2,1H3;1H. The SMILES string of the molecule is CC(NS(=O)(=O)c1ccccc1F)C(=O)N1CCCc2c(N)cccc21.Cl. The fourth-order valence-corrected chi connectivity index (χ4v) is 4.40. The lowest BCUT2D eigenvalue weighted by molar-refractivity contribution is -0.119. The number of sulfonamides is 1. The normalized spacial score (nSPS) is 14.8. The van der Waals surface area contributed by atoms with Crippen molar-refractivity contribution in [2.75, 3.05) is 17.2 Å². The predicted molar refractivity (Wildman–Crippen MR) is 105 cm³/mol. The maximum absolute atomic E-state index is 13.8. The molecule has 0 bridgehead atoms. The molecule has 3 rings (SSSR count). The molecule has 0 aliphatic carbocycles. The summed E-state index contributed by atoms with van der Waals surface area (Å²) in [4.78, 5) is 13.9. The van der Waals surface area contributed by atoms with Crippen LogP contribution in [0.1, 0.15) is 18.9 Å². The third kappa shape index (κ3) is 4.23. The van der Waals surface area contributed by atoms with Gasteiger partial charge in [-0.15, -0.1) is 12.4 Å². The molecule has 2 aromatic rings. The van der Waals surface area contributed by atoms with Gasteiger partial charge in [0.1, 0.15) is 10.7 Å². The van der Waals surface area contributed by atoms with Gasteiger partial charge in [0.25, 0.3) is 0 Å². The highest BCUT2D eigenvalue weighted by Gasteiger charge is 2.30. The number of nitrogen functional groups attached to an aromatic ring is 1. The van der Waals surface area contributed by atoms with Crippen molar-refractivity contribution in [3.63, 3.8) is 0 Å². The molecule has 1 heterocycles. The number of amides is 1. The summed E-state index contributed by atoms with van der Waals surface area (Å²) in [6, 6.07) is 9.32. The van der Waals surface area contributed by atoms with Gasteiger partial charge in [-0.1, -0.05) is 18.2 Å². The highest BCUT2D eigenvalue weighted by Crippen LogP contribution is 2.31. The van der Waals surface area contributed by atoms with Crippen molar-refractivity contribution in [1.29, 1.82) is 0 Å². The van der Waals surface area contributed by atoms with Crippen molar-refractivity contribution < 1.29 is 17.6 Å². The molecule has 0 saturated carbocycles. The molecule has 1 amide bonds. The number of carbonyl (C=O) groups is 1. The molecule has 0 spiro atoms. The Hall–Kier alpha value is -2.16. The average molecular weight is 414 g/mol. The number of fused-ring (bicyclic) bond motifs is 1. The van der Waals surface area contributed by atoms with Crippen molar-refractivity contribution in [2.45, 2.75) is 30.7 Å². The zero-order valence-corrected chi connectivity index (χ0v) is 16.3. The van der Waals surface area contributed by atoms with E-state index in [1.165, 1.54) is 24.0 Å². The lowest BCUT2D eigenvalue weighted by atomic mass is 9.99. The first-order chi connectivity index (χ1) is 12.3. The van der Waals surface area contributed by atoms with E-state index >= 15 is 0 Å². The van der Waals surface area contributed by atoms with Crippen LogP contribution in [0.3, 0.4) is 0 Å². The number of benzene rings is 2. The summed E-state index contributed by atoms with van der Waals surface area (Å²) in [5.41, 5.74) is 8.17. The third-order valence-corrected chi connectivity index (χ3v) is 5.96. The molecule has 0 aromatic heterocycles. The summed E-state index contributed by atoms with van der Waals surface area (Å²) < 4.78 is 40.9. The second-order valence-electron chi connectivity index (χ2n) is 6.21. The van der Waals surface area contributed by atoms with E-state index in [-0.39, 0.29) is 12.4 Å². The molecule has 1 aliphatic heterocycles. The number of rotatable bonds is 4. The summed E-state index contributed by atoms with van der Waals surface area (Å²) in [7, 11) is -4.16. The Labute approximate surface area is 164 Å². The van der Waals surface area contributed by atoms with Gasteiger partial charge < -0.3 is 10.6 Å². The van der Waals surface area contributed by atoms with Crippen LogP contribution >= 0.6 is 12.4 Å². The molecule has 9 heteroatoms. The van der Waals surface area contributed by atoms with Crippen LogP contribution in [0.2, 0.25) is 0 Å². The van der Waals surface area contributed by atoms with E-state index in [2.05, 4.69) is 4.72 Å². The molecule has 1 atom stereocenters. The van der Waals surface area contributed by atoms with E-state index in [9.17, 15) is 17.6 Å². The van der Waals surface area contributed by atoms with Gasteiger partial charge in [0.15, 0.2) is 0 Å². The van der Waals surface area contributed by atoms with Gasteiger partial charge in [0.2, 0.25) is 15.9 Å². The van der Waals surface area contributed by atoms with Crippen LogP contribution in [0.5, 0.6) is 0 Å². The first kappa shape index (κ1) is 21.1. The second kappa shape index (κ2) is 8.24. The highest BCUT2D eigenvalue weighted by molar-refractivity contribution is 7.89. The van der Waals surface area contributed by atoms with Crippen LogP contribution in [0.4, 0.5) is 15.8 Å². The summed E-state index contributed by atoms with van der Waals surface area (Å²) in [5, 5.41) is 0. The predicted octanol–water partition coefficient (Wildman–Crippen LogP) is 2.48. The van der Waals surface area contributed by atoms with E-state index in [1.807, 2.05) is 0 Å². The molecule has 27 heavy (non-hydrogen) atoms. The number of nitrogens with one attached hydrogen (secondary N) is 1. The molecular formula is C18H21ClFN3O3S. The molecule has 0 saturated heterocycles. The van der Waals surface area contributed by atoms with Crippen LogP contribution in [0, 0.1) is 5.82 Å². The Kier molecular flexibility index (Phi) is 6.46. The number of anilines is 2. The summed E-state index contributed by atoms with van der Waals surface area (Å²) in [6.45, 7) is 1.92. The second-order valence-corrected chi connectivity index (χ2v) is 7.89. The average Bonchev–Trinajstić information content (AvgIpc) is 2.61. The van der Waals surface area contributed by atoms with Gasteiger partial charge in [0.05, 0.1) is 6.04 Å². The fraction of sp³-hybridized carbons (Fsp3) is 0.278. The van der Waals surface area contributed by atoms with Crippen LogP contribution < -0.4 is 15.4 Å². The van der Waals surface area contributed by atoms with Crippen molar-refractivity contribution in [1.82, 2.24) is 4.72 Å². The van der Waals surface area contributed by atoms with Gasteiger partial charge >= 0.3 is 0 Å². The first-order valence-electron chi connectivity index (χ1n) is 8.27. The minimum Gasteiger partial charge on any atom is -0.398 e. The molecule has 3 N–H and O–H groups in total. The first-order valence-corrected chi connectivity index (χ1v) is 9.75. The van der Waals surface area contributed by atoms with E-state index in [1.54, 1.807) is 18.2 Å².